The number of aryl methyl sites for hydroxylation is 1. The number of pyridine rings is 1. The molecule has 7 nitrogen and oxygen atoms in total. The maximum Gasteiger partial charge on any atom is 0.317 e. The second-order valence-electron chi connectivity index (χ2n) is 6.22. The first kappa shape index (κ1) is 17.6. The average Bonchev–Trinajstić information content (AvgIpc) is 2.68. The third-order valence-electron chi connectivity index (χ3n) is 4.38. The van der Waals surface area contributed by atoms with Crippen molar-refractivity contribution in [2.45, 2.75) is 19.4 Å². The van der Waals surface area contributed by atoms with Crippen LogP contribution in [0.1, 0.15) is 18.4 Å². The van der Waals surface area contributed by atoms with Crippen molar-refractivity contribution in [2.75, 3.05) is 6.54 Å². The van der Waals surface area contributed by atoms with Crippen molar-refractivity contribution in [1.29, 1.82) is 0 Å². The van der Waals surface area contributed by atoms with Crippen molar-refractivity contribution in [3.05, 3.63) is 74.9 Å². The van der Waals surface area contributed by atoms with Gasteiger partial charge in [0, 0.05) is 19.8 Å². The van der Waals surface area contributed by atoms with Crippen LogP contribution in [0.3, 0.4) is 0 Å². The van der Waals surface area contributed by atoms with Gasteiger partial charge < -0.3 is 5.32 Å². The van der Waals surface area contributed by atoms with Crippen LogP contribution in [0.5, 0.6) is 0 Å². The molecule has 0 fully saturated rings. The van der Waals surface area contributed by atoms with Gasteiger partial charge in [-0.1, -0.05) is 37.3 Å². The van der Waals surface area contributed by atoms with Crippen LogP contribution in [0.4, 0.5) is 0 Å². The van der Waals surface area contributed by atoms with Crippen LogP contribution < -0.4 is 16.4 Å². The van der Waals surface area contributed by atoms with E-state index in [4.69, 9.17) is 0 Å². The van der Waals surface area contributed by atoms with Gasteiger partial charge >= 0.3 is 11.1 Å². The summed E-state index contributed by atoms with van der Waals surface area (Å²) in [6, 6.07) is 13.2. The summed E-state index contributed by atoms with van der Waals surface area (Å²) >= 11 is 0. The first-order valence-electron chi connectivity index (χ1n) is 8.35. The van der Waals surface area contributed by atoms with Gasteiger partial charge in [0.25, 0.3) is 0 Å². The molecule has 134 valence electrons. The molecule has 0 saturated heterocycles. The van der Waals surface area contributed by atoms with Gasteiger partial charge in [-0.25, -0.2) is 4.98 Å². The lowest BCUT2D eigenvalue weighted by molar-refractivity contribution is -0.121. The molecule has 0 bridgehead atoms. The van der Waals surface area contributed by atoms with E-state index >= 15 is 0 Å². The Morgan fingerprint density at radius 2 is 1.85 bits per heavy atom. The van der Waals surface area contributed by atoms with Crippen LogP contribution >= 0.6 is 0 Å². The number of carbonyl (C=O) groups excluding carboxylic acids is 1. The fraction of sp³-hybridized carbons (Fsp3) is 0.263. The van der Waals surface area contributed by atoms with Gasteiger partial charge in [0.1, 0.15) is 6.54 Å². The lowest BCUT2D eigenvalue weighted by Crippen LogP contribution is -2.43. The number of hydrogen-bond acceptors (Lipinski definition) is 4. The zero-order valence-corrected chi connectivity index (χ0v) is 14.7. The van der Waals surface area contributed by atoms with Crippen LogP contribution in [0.15, 0.2) is 58.3 Å². The highest BCUT2D eigenvalue weighted by Gasteiger charge is 2.15. The predicted octanol–water partition coefficient (Wildman–Crippen LogP) is 1.02. The normalized spacial score (nSPS) is 12.1. The minimum Gasteiger partial charge on any atom is -0.354 e. The number of hydrogen-bond donors (Lipinski definition) is 1. The SMILES string of the molecule is CC(CNC(=O)Cn1c(=O)c(=O)n(C)c2ncccc21)c1ccccc1. The first-order valence-corrected chi connectivity index (χ1v) is 8.35. The minimum absolute atomic E-state index is 0.138. The average molecular weight is 352 g/mol. The highest BCUT2D eigenvalue weighted by atomic mass is 16.2. The van der Waals surface area contributed by atoms with Crippen LogP contribution in [0.2, 0.25) is 0 Å². The summed E-state index contributed by atoms with van der Waals surface area (Å²) in [5.74, 6) is -0.188. The van der Waals surface area contributed by atoms with E-state index in [2.05, 4.69) is 10.3 Å². The van der Waals surface area contributed by atoms with Crippen molar-refractivity contribution < 1.29 is 4.79 Å². The topological polar surface area (TPSA) is 86.0 Å². The molecule has 0 aliphatic rings. The van der Waals surface area contributed by atoms with E-state index in [9.17, 15) is 14.4 Å². The zero-order valence-electron chi connectivity index (χ0n) is 14.7. The van der Waals surface area contributed by atoms with E-state index in [1.165, 1.54) is 22.4 Å². The van der Waals surface area contributed by atoms with Crippen molar-refractivity contribution in [3.63, 3.8) is 0 Å². The van der Waals surface area contributed by atoms with Crippen LogP contribution in [-0.2, 0) is 18.4 Å². The van der Waals surface area contributed by atoms with Gasteiger partial charge in [0.15, 0.2) is 5.65 Å². The molecule has 1 N–H and O–H groups in total. The lowest BCUT2D eigenvalue weighted by Gasteiger charge is -2.15. The maximum absolute atomic E-state index is 12.3. The molecule has 3 rings (SSSR count). The van der Waals surface area contributed by atoms with Crippen LogP contribution in [0, 0.1) is 0 Å². The van der Waals surface area contributed by atoms with Gasteiger partial charge in [0.05, 0.1) is 5.52 Å². The van der Waals surface area contributed by atoms with Crippen molar-refractivity contribution in [3.8, 4) is 0 Å². The summed E-state index contributed by atoms with van der Waals surface area (Å²) in [5.41, 5.74) is 0.488. The van der Waals surface area contributed by atoms with Crippen molar-refractivity contribution in [1.82, 2.24) is 19.4 Å². The van der Waals surface area contributed by atoms with Crippen LogP contribution in [0.25, 0.3) is 11.2 Å². The quantitative estimate of drug-likeness (QED) is 0.695. The summed E-state index contributed by atoms with van der Waals surface area (Å²) in [6.45, 7) is 2.23. The van der Waals surface area contributed by atoms with Crippen molar-refractivity contribution in [2.24, 2.45) is 7.05 Å². The Kier molecular flexibility index (Phi) is 4.97. The Labute approximate surface area is 149 Å². The summed E-state index contributed by atoms with van der Waals surface area (Å²) in [5, 5.41) is 2.83. The standard InChI is InChI=1S/C19H20N4O3/c1-13(14-7-4-3-5-8-14)11-21-16(24)12-23-15-9-6-10-20-17(15)22(2)18(25)19(23)26/h3-10,13H,11-12H2,1-2H3,(H,21,24). The van der Waals surface area contributed by atoms with Gasteiger partial charge in [-0.2, -0.15) is 0 Å². The molecule has 2 heterocycles. The van der Waals surface area contributed by atoms with Gasteiger partial charge in [-0.3, -0.25) is 23.5 Å². The summed E-state index contributed by atoms with van der Waals surface area (Å²) in [6.07, 6.45) is 1.54. The van der Waals surface area contributed by atoms with E-state index < -0.39 is 11.1 Å². The van der Waals surface area contributed by atoms with E-state index in [-0.39, 0.29) is 18.4 Å². The number of fused-ring (bicyclic) bond motifs is 1. The molecule has 1 atom stereocenters. The van der Waals surface area contributed by atoms with E-state index in [1.54, 1.807) is 12.1 Å². The van der Waals surface area contributed by atoms with Gasteiger partial charge in [-0.15, -0.1) is 0 Å². The van der Waals surface area contributed by atoms with E-state index in [1.807, 2.05) is 37.3 Å². The molecule has 1 unspecified atom stereocenters. The molecule has 1 amide bonds. The number of benzene rings is 1. The zero-order chi connectivity index (χ0) is 18.7. The second-order valence-corrected chi connectivity index (χ2v) is 6.22. The molecule has 7 heteroatoms. The highest BCUT2D eigenvalue weighted by Crippen LogP contribution is 2.13. The Balaban J connectivity index is 1.80. The second kappa shape index (κ2) is 7.35. The smallest absolute Gasteiger partial charge is 0.317 e. The number of amides is 1. The van der Waals surface area contributed by atoms with Gasteiger partial charge in [0.2, 0.25) is 5.91 Å². The molecule has 0 spiro atoms. The molecule has 0 radical (unpaired) electrons. The molecule has 0 aliphatic heterocycles. The summed E-state index contributed by atoms with van der Waals surface area (Å²) in [4.78, 5) is 40.9. The summed E-state index contributed by atoms with van der Waals surface area (Å²) in [7, 11) is 1.49. The Bertz CT molecular complexity index is 1050. The largest absolute Gasteiger partial charge is 0.354 e. The van der Waals surface area contributed by atoms with E-state index in [0.717, 1.165) is 5.56 Å². The number of carbonyl (C=O) groups is 1. The molecule has 0 aliphatic carbocycles. The van der Waals surface area contributed by atoms with E-state index in [0.29, 0.717) is 17.7 Å². The fourth-order valence-electron chi connectivity index (χ4n) is 2.84. The molecule has 0 saturated carbocycles. The molecular weight excluding hydrogens is 332 g/mol. The van der Waals surface area contributed by atoms with Crippen molar-refractivity contribution >= 4 is 17.1 Å². The van der Waals surface area contributed by atoms with Crippen LogP contribution in [-0.4, -0.2) is 26.6 Å². The Hall–Kier alpha value is -3.22. The highest BCUT2D eigenvalue weighted by molar-refractivity contribution is 5.78. The minimum atomic E-state index is -0.737. The number of nitrogens with zero attached hydrogens (tertiary/aromatic N) is 3. The Morgan fingerprint density at radius 3 is 2.58 bits per heavy atom. The Morgan fingerprint density at radius 1 is 1.12 bits per heavy atom. The third-order valence-corrected chi connectivity index (χ3v) is 4.38. The summed E-state index contributed by atoms with van der Waals surface area (Å²) < 4.78 is 2.37. The predicted molar refractivity (Wildman–Crippen MR) is 99.1 cm³/mol. The van der Waals surface area contributed by atoms with Gasteiger partial charge in [-0.05, 0) is 23.6 Å². The molecule has 2 aromatic heterocycles. The molecular formula is C19H20N4O3. The molecule has 3 aromatic rings. The molecule has 1 aromatic carbocycles. The maximum atomic E-state index is 12.3. The number of nitrogens with one attached hydrogen (secondary N) is 1. The lowest BCUT2D eigenvalue weighted by atomic mass is 10.0. The monoisotopic (exact) mass is 352 g/mol. The number of rotatable bonds is 5. The fourth-order valence-corrected chi connectivity index (χ4v) is 2.84. The third kappa shape index (κ3) is 3.42. The molecule has 26 heavy (non-hydrogen) atoms. The number of aromatic nitrogens is 3. The first-order chi connectivity index (χ1) is 12.5.